The predicted octanol–water partition coefficient (Wildman–Crippen LogP) is 5.89. The number of fused-ring (bicyclic) bond motifs is 2. The summed E-state index contributed by atoms with van der Waals surface area (Å²) in [5.41, 5.74) is 5.16. The Balaban J connectivity index is 1.94. The maximum atomic E-state index is 13.9. The summed E-state index contributed by atoms with van der Waals surface area (Å²) in [6, 6.07) is 12.9. The minimum Gasteiger partial charge on any atom is -0.479 e. The Morgan fingerprint density at radius 1 is 1.19 bits per heavy atom. The molecule has 188 valence electrons. The van der Waals surface area contributed by atoms with E-state index in [0.717, 1.165) is 44.5 Å². The molecule has 1 N–H and O–H groups in total. The van der Waals surface area contributed by atoms with Gasteiger partial charge in [-0.05, 0) is 68.3 Å². The number of halogens is 1. The number of carboxylic acids is 1. The highest BCUT2D eigenvalue weighted by atomic mass is 19.1. The third-order valence-electron chi connectivity index (χ3n) is 7.23. The van der Waals surface area contributed by atoms with Gasteiger partial charge in [0, 0.05) is 52.1 Å². The van der Waals surface area contributed by atoms with Crippen LogP contribution in [0.25, 0.3) is 27.7 Å². The van der Waals surface area contributed by atoms with Crippen LogP contribution in [-0.2, 0) is 22.3 Å². The second-order valence-corrected chi connectivity index (χ2v) is 10.7. The van der Waals surface area contributed by atoms with Gasteiger partial charge in [-0.25, -0.2) is 9.18 Å². The number of rotatable bonds is 6. The van der Waals surface area contributed by atoms with E-state index in [1.165, 1.54) is 16.8 Å². The van der Waals surface area contributed by atoms with Crippen LogP contribution in [0.1, 0.15) is 56.6 Å². The summed E-state index contributed by atoms with van der Waals surface area (Å²) >= 11 is 0. The van der Waals surface area contributed by atoms with Gasteiger partial charge in [0.1, 0.15) is 5.82 Å². The van der Waals surface area contributed by atoms with Crippen molar-refractivity contribution in [2.75, 3.05) is 0 Å². The topological polar surface area (TPSA) is 96.2 Å². The number of benzene rings is 2. The Morgan fingerprint density at radius 3 is 2.54 bits per heavy atom. The summed E-state index contributed by atoms with van der Waals surface area (Å²) in [5.74, 6) is -1.32. The molecule has 37 heavy (non-hydrogen) atoms. The lowest BCUT2D eigenvalue weighted by Gasteiger charge is -2.26. The largest absolute Gasteiger partial charge is 0.479 e. The van der Waals surface area contributed by atoms with Crippen LogP contribution in [0.5, 0.6) is 0 Å². The summed E-state index contributed by atoms with van der Waals surface area (Å²) in [4.78, 5) is 16.4. The van der Waals surface area contributed by atoms with E-state index >= 15 is 0 Å². The molecule has 0 saturated carbocycles. The average Bonchev–Trinajstić information content (AvgIpc) is 3.53. The van der Waals surface area contributed by atoms with Gasteiger partial charge >= 0.3 is 5.97 Å². The van der Waals surface area contributed by atoms with Gasteiger partial charge in [-0.1, -0.05) is 13.8 Å². The highest BCUT2D eigenvalue weighted by Gasteiger charge is 2.36. The number of aromatic nitrogens is 3. The Hall–Kier alpha value is -4.25. The molecule has 1 aliphatic rings. The van der Waals surface area contributed by atoms with Crippen LogP contribution < -0.4 is 0 Å². The number of carbonyl (C=O) groups is 1. The summed E-state index contributed by atoms with van der Waals surface area (Å²) in [7, 11) is 0. The number of aryl methyl sites for hydroxylation is 1. The van der Waals surface area contributed by atoms with Crippen LogP contribution in [0.4, 0.5) is 4.39 Å². The lowest BCUT2D eigenvalue weighted by atomic mass is 9.82. The first-order valence-corrected chi connectivity index (χ1v) is 12.1. The molecule has 1 aliphatic heterocycles. The van der Waals surface area contributed by atoms with Gasteiger partial charge in [0.25, 0.3) is 0 Å². The zero-order valence-corrected chi connectivity index (χ0v) is 21.5. The fraction of sp³-hybridized carbons (Fsp3) is 0.310. The normalized spacial score (nSPS) is 13.2. The van der Waals surface area contributed by atoms with Gasteiger partial charge in [0.15, 0.2) is 5.54 Å². The number of aliphatic carboxylic acids is 1. The molecule has 0 unspecified atom stereocenters. The van der Waals surface area contributed by atoms with Crippen LogP contribution in [0.3, 0.4) is 0 Å². The van der Waals surface area contributed by atoms with Crippen molar-refractivity contribution < 1.29 is 14.3 Å². The zero-order valence-electron chi connectivity index (χ0n) is 21.5. The molecule has 4 aromatic rings. The van der Waals surface area contributed by atoms with Crippen molar-refractivity contribution in [2.45, 2.75) is 58.5 Å². The molecule has 3 heterocycles. The molecular formula is C29H28FN5O2. The maximum Gasteiger partial charge on any atom is 0.331 e. The average molecular weight is 498 g/mol. The molecule has 0 fully saturated rings. The van der Waals surface area contributed by atoms with Gasteiger partial charge in [-0.3, -0.25) is 9.67 Å². The zero-order chi connectivity index (χ0) is 26.7. The van der Waals surface area contributed by atoms with Gasteiger partial charge in [0.05, 0.1) is 23.8 Å². The Bertz CT molecular complexity index is 1630. The molecule has 0 aliphatic carbocycles. The highest BCUT2D eigenvalue weighted by molar-refractivity contribution is 6.03. The number of nitriles is 1. The number of carboxylic acid groups (broad SMARTS) is 1. The van der Waals surface area contributed by atoms with Crippen molar-refractivity contribution in [1.29, 1.82) is 5.26 Å². The van der Waals surface area contributed by atoms with E-state index in [2.05, 4.69) is 32.9 Å². The van der Waals surface area contributed by atoms with Gasteiger partial charge in [0.2, 0.25) is 0 Å². The van der Waals surface area contributed by atoms with Crippen molar-refractivity contribution in [2.24, 2.45) is 4.99 Å². The van der Waals surface area contributed by atoms with E-state index in [9.17, 15) is 19.6 Å². The van der Waals surface area contributed by atoms with Crippen molar-refractivity contribution in [3.63, 3.8) is 0 Å². The number of aliphatic imine (C=N–C) groups is 1. The Morgan fingerprint density at radius 2 is 1.89 bits per heavy atom. The minimum atomic E-state index is -1.25. The summed E-state index contributed by atoms with van der Waals surface area (Å²) in [6.45, 7) is 9.69. The van der Waals surface area contributed by atoms with E-state index < -0.39 is 16.9 Å². The van der Waals surface area contributed by atoms with Crippen LogP contribution in [-0.4, -0.2) is 31.6 Å². The summed E-state index contributed by atoms with van der Waals surface area (Å²) < 4.78 is 17.5. The van der Waals surface area contributed by atoms with Crippen LogP contribution in [0, 0.1) is 24.1 Å². The van der Waals surface area contributed by atoms with Crippen molar-refractivity contribution in [1.82, 2.24) is 14.3 Å². The molecule has 8 heteroatoms. The van der Waals surface area contributed by atoms with Crippen LogP contribution in [0.2, 0.25) is 0 Å². The first kappa shape index (κ1) is 24.4. The molecule has 0 atom stereocenters. The number of hydrogen-bond acceptors (Lipinski definition) is 4. The molecule has 0 spiro atoms. The monoisotopic (exact) mass is 497 g/mol. The fourth-order valence-corrected chi connectivity index (χ4v) is 5.04. The predicted molar refractivity (Wildman–Crippen MR) is 141 cm³/mol. The first-order chi connectivity index (χ1) is 17.5. The molecule has 0 saturated heterocycles. The van der Waals surface area contributed by atoms with Crippen LogP contribution in [0.15, 0.2) is 47.6 Å². The molecule has 2 aromatic carbocycles. The van der Waals surface area contributed by atoms with E-state index in [1.54, 1.807) is 32.2 Å². The van der Waals surface area contributed by atoms with E-state index in [1.807, 2.05) is 27.0 Å². The third kappa shape index (κ3) is 3.82. The smallest absolute Gasteiger partial charge is 0.331 e. The molecule has 2 aromatic heterocycles. The van der Waals surface area contributed by atoms with Crippen molar-refractivity contribution in [3.8, 4) is 22.9 Å². The first-order valence-electron chi connectivity index (χ1n) is 12.1. The molecule has 0 bridgehead atoms. The minimum absolute atomic E-state index is 0.243. The highest BCUT2D eigenvalue weighted by Crippen LogP contribution is 2.46. The van der Waals surface area contributed by atoms with E-state index in [-0.39, 0.29) is 12.2 Å². The molecule has 0 radical (unpaired) electrons. The lowest BCUT2D eigenvalue weighted by molar-refractivity contribution is -0.146. The van der Waals surface area contributed by atoms with E-state index in [4.69, 9.17) is 0 Å². The van der Waals surface area contributed by atoms with Gasteiger partial charge in [-0.2, -0.15) is 10.4 Å². The second kappa shape index (κ2) is 8.41. The number of hydrogen-bond donors (Lipinski definition) is 1. The fourth-order valence-electron chi connectivity index (χ4n) is 5.04. The number of nitrogens with zero attached hydrogens (tertiary/aromatic N) is 5. The molecule has 7 nitrogen and oxygen atoms in total. The van der Waals surface area contributed by atoms with Crippen molar-refractivity contribution in [3.05, 3.63) is 70.9 Å². The summed E-state index contributed by atoms with van der Waals surface area (Å²) in [5, 5.41) is 25.1. The SMILES string of the molecule is Cc1nn(C(C)(C)C(=O)O)cc1-c1c(C(C)(C)CC#N)n(-c2ccc(F)cc2)c2cc3c(cc12)CN=C3. The standard InChI is InChI=1S/C29H28FN5O2/c1-17-23(16-34(33-17)29(4,5)27(36)37)25-22-12-18-14-32-15-19(18)13-24(22)35(21-8-6-20(30)7-9-21)26(25)28(2,3)10-11-31/h6-9,12-13,15-16H,10,14H2,1-5H3,(H,36,37). The Kier molecular flexibility index (Phi) is 5.56. The van der Waals surface area contributed by atoms with E-state index in [0.29, 0.717) is 12.2 Å². The van der Waals surface area contributed by atoms with Gasteiger partial charge in [-0.15, -0.1) is 0 Å². The van der Waals surface area contributed by atoms with Crippen molar-refractivity contribution >= 4 is 23.1 Å². The molecular weight excluding hydrogens is 469 g/mol. The van der Waals surface area contributed by atoms with Crippen LogP contribution >= 0.6 is 0 Å². The quantitative estimate of drug-likeness (QED) is 0.359. The molecule has 0 amide bonds. The summed E-state index contributed by atoms with van der Waals surface area (Å²) in [6.07, 6.45) is 3.88. The Labute approximate surface area is 214 Å². The lowest BCUT2D eigenvalue weighted by Crippen LogP contribution is -2.36. The second-order valence-electron chi connectivity index (χ2n) is 10.7. The third-order valence-corrected chi connectivity index (χ3v) is 7.23. The maximum absolute atomic E-state index is 13.9. The van der Waals surface area contributed by atoms with Gasteiger partial charge < -0.3 is 9.67 Å². The molecule has 5 rings (SSSR count).